The van der Waals surface area contributed by atoms with E-state index in [0.29, 0.717) is 0 Å². The van der Waals surface area contributed by atoms with Crippen LogP contribution in [-0.4, -0.2) is 5.84 Å². The predicted molar refractivity (Wildman–Crippen MR) is 205 cm³/mol. The molecule has 0 radical (unpaired) electrons. The van der Waals surface area contributed by atoms with E-state index in [1.54, 1.807) is 0 Å². The molecule has 2 atom stereocenters. The molecular weight excluding hydrogens is 631 g/mol. The van der Waals surface area contributed by atoms with E-state index in [9.17, 15) is 0 Å². The minimum atomic E-state index is -0.306. The molecule has 0 aliphatic carbocycles. The minimum Gasteiger partial charge on any atom is -0.456 e. The first-order valence-corrected chi connectivity index (χ1v) is 17.2. The van der Waals surface area contributed by atoms with Crippen molar-refractivity contribution in [3.8, 4) is 11.1 Å². The van der Waals surface area contributed by atoms with Crippen LogP contribution in [-0.2, 0) is 0 Å². The number of nitrogens with zero attached hydrogens (tertiary/aromatic N) is 1. The van der Waals surface area contributed by atoms with Crippen LogP contribution < -0.4 is 10.6 Å². The molecule has 0 amide bonds. The number of hydrogen-bond acceptors (Lipinski definition) is 6. The Labute approximate surface area is 291 Å². The van der Waals surface area contributed by atoms with Gasteiger partial charge in [0.1, 0.15) is 51.7 Å². The molecule has 3 aromatic heterocycles. The highest BCUT2D eigenvalue weighted by Gasteiger charge is 2.30. The molecule has 1 aliphatic rings. The second-order valence-electron chi connectivity index (χ2n) is 13.1. The third-order valence-electron chi connectivity index (χ3n) is 10.2. The summed E-state index contributed by atoms with van der Waals surface area (Å²) >= 11 is 0. The van der Waals surface area contributed by atoms with Crippen LogP contribution in [0.5, 0.6) is 0 Å². The quantitative estimate of drug-likeness (QED) is 0.197. The number of para-hydroxylation sites is 2. The van der Waals surface area contributed by atoms with Gasteiger partial charge in [-0.05, 0) is 53.1 Å². The first-order chi connectivity index (χ1) is 25.3. The molecule has 6 heteroatoms. The fraction of sp³-hybridized carbons (Fsp3) is 0.0444. The Morgan fingerprint density at radius 1 is 0.412 bits per heavy atom. The van der Waals surface area contributed by atoms with Crippen LogP contribution in [0, 0.1) is 0 Å². The van der Waals surface area contributed by atoms with Gasteiger partial charge in [-0.2, -0.15) is 0 Å². The van der Waals surface area contributed by atoms with Crippen LogP contribution in [0.4, 0.5) is 0 Å². The van der Waals surface area contributed by atoms with Crippen molar-refractivity contribution in [2.24, 2.45) is 4.99 Å². The first-order valence-electron chi connectivity index (χ1n) is 17.2. The van der Waals surface area contributed by atoms with Crippen molar-refractivity contribution in [3.63, 3.8) is 0 Å². The monoisotopic (exact) mass is 659 g/mol. The lowest BCUT2D eigenvalue weighted by atomic mass is 9.93. The van der Waals surface area contributed by atoms with Crippen molar-refractivity contribution in [2.75, 3.05) is 0 Å². The lowest BCUT2D eigenvalue weighted by molar-refractivity contribution is 0.411. The maximum Gasteiger partial charge on any atom is 0.136 e. The molecular formula is C45H29N3O3. The van der Waals surface area contributed by atoms with Crippen LogP contribution in [0.3, 0.4) is 0 Å². The second-order valence-corrected chi connectivity index (χ2v) is 13.1. The van der Waals surface area contributed by atoms with E-state index >= 15 is 0 Å². The molecule has 10 aromatic rings. The molecule has 2 unspecified atom stereocenters. The maximum absolute atomic E-state index is 6.62. The topological polar surface area (TPSA) is 75.8 Å². The highest BCUT2D eigenvalue weighted by molar-refractivity contribution is 6.21. The largest absolute Gasteiger partial charge is 0.456 e. The molecule has 1 aliphatic heterocycles. The number of aliphatic imine (C=N–C) groups is 1. The average molecular weight is 660 g/mol. The molecule has 7 aromatic carbocycles. The van der Waals surface area contributed by atoms with Gasteiger partial charge in [-0.1, -0.05) is 115 Å². The molecule has 0 fully saturated rings. The summed E-state index contributed by atoms with van der Waals surface area (Å²) in [5, 5.41) is 14.1. The Balaban J connectivity index is 1.14. The molecule has 4 heterocycles. The van der Waals surface area contributed by atoms with Crippen LogP contribution in [0.25, 0.3) is 76.9 Å². The van der Waals surface area contributed by atoms with E-state index in [0.717, 1.165) is 99.5 Å². The van der Waals surface area contributed by atoms with Gasteiger partial charge in [0.25, 0.3) is 0 Å². The van der Waals surface area contributed by atoms with Gasteiger partial charge < -0.3 is 18.6 Å². The lowest BCUT2D eigenvalue weighted by Gasteiger charge is -2.32. The van der Waals surface area contributed by atoms with Gasteiger partial charge in [-0.15, -0.1) is 0 Å². The zero-order valence-electron chi connectivity index (χ0n) is 27.3. The third-order valence-corrected chi connectivity index (χ3v) is 10.2. The number of amidine groups is 1. The van der Waals surface area contributed by atoms with E-state index < -0.39 is 0 Å². The summed E-state index contributed by atoms with van der Waals surface area (Å²) in [6.45, 7) is 0. The van der Waals surface area contributed by atoms with Gasteiger partial charge >= 0.3 is 0 Å². The van der Waals surface area contributed by atoms with Crippen LogP contribution >= 0.6 is 0 Å². The fourth-order valence-electron chi connectivity index (χ4n) is 7.99. The van der Waals surface area contributed by atoms with E-state index in [2.05, 4.69) is 114 Å². The normalized spacial score (nSPS) is 16.4. The molecule has 2 N–H and O–H groups in total. The molecule has 0 spiro atoms. The summed E-state index contributed by atoms with van der Waals surface area (Å²) in [6.07, 6.45) is -0.612. The van der Waals surface area contributed by atoms with Crippen LogP contribution in [0.1, 0.15) is 29.0 Å². The number of fused-ring (bicyclic) bond motifs is 9. The second kappa shape index (κ2) is 10.9. The van der Waals surface area contributed by atoms with E-state index in [1.807, 2.05) is 48.5 Å². The van der Waals surface area contributed by atoms with Crippen LogP contribution in [0.15, 0.2) is 170 Å². The number of furan rings is 3. The van der Waals surface area contributed by atoms with E-state index in [-0.39, 0.29) is 12.3 Å². The summed E-state index contributed by atoms with van der Waals surface area (Å²) in [6, 6.07) is 51.9. The van der Waals surface area contributed by atoms with Crippen molar-refractivity contribution < 1.29 is 13.3 Å². The van der Waals surface area contributed by atoms with Crippen LogP contribution in [0.2, 0.25) is 0 Å². The lowest BCUT2D eigenvalue weighted by Crippen LogP contribution is -2.45. The molecule has 51 heavy (non-hydrogen) atoms. The standard InChI is InChI=1S/C45H29N3O3/c1-2-12-26(13-3-1)43-46-44(31-18-10-23-36-40(31)30-15-5-7-21-34(30)50-36)48-45(47-43)32-19-11-25-38-42(32)41-28(17-9-24-37(41)51-38)27-16-8-22-35-39(27)29-14-4-6-20-33(29)49-35/h1-25,43,45,47H,(H,46,48). The van der Waals surface area contributed by atoms with Gasteiger partial charge in [0.15, 0.2) is 0 Å². The minimum absolute atomic E-state index is 0.306. The van der Waals surface area contributed by atoms with Gasteiger partial charge in [-0.25, -0.2) is 4.99 Å². The van der Waals surface area contributed by atoms with E-state index in [1.165, 1.54) is 0 Å². The third kappa shape index (κ3) is 4.30. The Hall–Kier alpha value is -6.63. The average Bonchev–Trinajstić information content (AvgIpc) is 3.89. The Kier molecular flexibility index (Phi) is 6.05. The molecule has 6 nitrogen and oxygen atoms in total. The van der Waals surface area contributed by atoms with E-state index in [4.69, 9.17) is 18.2 Å². The predicted octanol–water partition coefficient (Wildman–Crippen LogP) is 11.4. The Bertz CT molecular complexity index is 3000. The van der Waals surface area contributed by atoms with Gasteiger partial charge in [0, 0.05) is 43.4 Å². The molecule has 0 saturated carbocycles. The fourth-order valence-corrected chi connectivity index (χ4v) is 7.99. The van der Waals surface area contributed by atoms with Gasteiger partial charge in [-0.3, -0.25) is 5.32 Å². The van der Waals surface area contributed by atoms with Crippen molar-refractivity contribution in [1.82, 2.24) is 10.6 Å². The molecule has 0 saturated heterocycles. The summed E-state index contributed by atoms with van der Waals surface area (Å²) in [5.41, 5.74) is 10.4. The SMILES string of the molecule is c1ccc(C2N=C(c3cccc4oc5ccccc5c34)NC(c3cccc4oc5cccc(-c6cccc7oc8ccccc8c67)c5c34)N2)cc1. The summed E-state index contributed by atoms with van der Waals surface area (Å²) in [5.74, 6) is 0.796. The molecule has 0 bridgehead atoms. The molecule has 242 valence electrons. The highest BCUT2D eigenvalue weighted by Crippen LogP contribution is 2.44. The Morgan fingerprint density at radius 2 is 0.902 bits per heavy atom. The van der Waals surface area contributed by atoms with Crippen molar-refractivity contribution >= 4 is 71.7 Å². The first kappa shape index (κ1) is 28.2. The van der Waals surface area contributed by atoms with Gasteiger partial charge in [0.2, 0.25) is 0 Å². The van der Waals surface area contributed by atoms with Crippen molar-refractivity contribution in [2.45, 2.75) is 12.3 Å². The summed E-state index contributed by atoms with van der Waals surface area (Å²) < 4.78 is 19.2. The zero-order valence-corrected chi connectivity index (χ0v) is 27.3. The summed E-state index contributed by atoms with van der Waals surface area (Å²) in [4.78, 5) is 5.31. The zero-order chi connectivity index (χ0) is 33.5. The number of nitrogens with one attached hydrogen (secondary N) is 2. The maximum atomic E-state index is 6.62. The number of rotatable bonds is 4. The Morgan fingerprint density at radius 3 is 1.59 bits per heavy atom. The molecule has 11 rings (SSSR count). The smallest absolute Gasteiger partial charge is 0.136 e. The highest BCUT2D eigenvalue weighted by atomic mass is 16.3. The van der Waals surface area contributed by atoms with Crippen molar-refractivity contribution in [3.05, 3.63) is 168 Å². The van der Waals surface area contributed by atoms with Gasteiger partial charge in [0.05, 0.1) is 0 Å². The summed E-state index contributed by atoms with van der Waals surface area (Å²) in [7, 11) is 0. The van der Waals surface area contributed by atoms with Crippen molar-refractivity contribution in [1.29, 1.82) is 0 Å². The number of benzene rings is 7. The number of hydrogen-bond donors (Lipinski definition) is 2.